The summed E-state index contributed by atoms with van der Waals surface area (Å²) >= 11 is 6.22. The van der Waals surface area contributed by atoms with E-state index in [4.69, 9.17) is 20.9 Å². The summed E-state index contributed by atoms with van der Waals surface area (Å²) in [5.41, 5.74) is 6.19. The highest BCUT2D eigenvalue weighted by Gasteiger charge is 2.20. The van der Waals surface area contributed by atoms with Gasteiger partial charge in [-0.2, -0.15) is 0 Å². The summed E-state index contributed by atoms with van der Waals surface area (Å²) in [5, 5.41) is 7.49. The van der Waals surface area contributed by atoms with Gasteiger partial charge >= 0.3 is 6.09 Å². The van der Waals surface area contributed by atoms with E-state index < -0.39 is 12.2 Å². The molecule has 0 spiro atoms. The van der Waals surface area contributed by atoms with Crippen molar-refractivity contribution in [3.63, 3.8) is 0 Å². The molecule has 1 amide bonds. The molecular weight excluding hydrogens is 448 g/mol. The third kappa shape index (κ3) is 5.32. The van der Waals surface area contributed by atoms with Crippen LogP contribution in [0.3, 0.4) is 0 Å². The number of anilines is 1. The van der Waals surface area contributed by atoms with E-state index in [0.29, 0.717) is 22.2 Å². The average Bonchev–Trinajstić information content (AvgIpc) is 3.20. The molecule has 0 unspecified atom stereocenters. The maximum atomic E-state index is 12.6. The van der Waals surface area contributed by atoms with Gasteiger partial charge in [0.15, 0.2) is 5.76 Å². The van der Waals surface area contributed by atoms with Gasteiger partial charge in [-0.05, 0) is 43.0 Å². The van der Waals surface area contributed by atoms with E-state index in [1.807, 2.05) is 42.5 Å². The summed E-state index contributed by atoms with van der Waals surface area (Å²) < 4.78 is 10.9. The lowest BCUT2D eigenvalue weighted by molar-refractivity contribution is 0.121. The van der Waals surface area contributed by atoms with Gasteiger partial charge in [0, 0.05) is 16.1 Å². The lowest BCUT2D eigenvalue weighted by Crippen LogP contribution is -2.17. The number of nitrogens with zero attached hydrogens (tertiary/aromatic N) is 1. The Morgan fingerprint density at radius 2 is 1.62 bits per heavy atom. The van der Waals surface area contributed by atoms with Crippen LogP contribution < -0.4 is 5.32 Å². The largest absolute Gasteiger partial charge is 0.441 e. The quantitative estimate of drug-likeness (QED) is 0.293. The van der Waals surface area contributed by atoms with Gasteiger partial charge in [-0.1, -0.05) is 96.8 Å². The molecule has 3 aromatic carbocycles. The van der Waals surface area contributed by atoms with Crippen molar-refractivity contribution >= 4 is 23.4 Å². The van der Waals surface area contributed by atoms with Gasteiger partial charge in [0.05, 0.1) is 0 Å². The molecule has 0 saturated heterocycles. The number of benzene rings is 3. The third-order valence-corrected chi connectivity index (χ3v) is 6.05. The fraction of sp³-hybridized carbons (Fsp3) is 0.214. The Bertz CT molecular complexity index is 1260. The van der Waals surface area contributed by atoms with Gasteiger partial charge < -0.3 is 9.26 Å². The normalized spacial score (nSPS) is 11.8. The van der Waals surface area contributed by atoms with E-state index in [1.165, 1.54) is 5.56 Å². The zero-order valence-corrected chi connectivity index (χ0v) is 20.2. The molecule has 1 atom stereocenters. The molecule has 0 bridgehead atoms. The molecule has 6 heteroatoms. The average molecular weight is 475 g/mol. The molecule has 5 nitrogen and oxygen atoms in total. The number of amides is 1. The maximum absolute atomic E-state index is 12.6. The summed E-state index contributed by atoms with van der Waals surface area (Å²) in [7, 11) is 0. The number of carbonyl (C=O) groups excluding carboxylic acids is 1. The van der Waals surface area contributed by atoms with E-state index >= 15 is 0 Å². The number of aromatic nitrogens is 1. The second-order valence-electron chi connectivity index (χ2n) is 8.18. The fourth-order valence-corrected chi connectivity index (χ4v) is 4.14. The molecule has 4 rings (SSSR count). The Balaban J connectivity index is 1.49. The lowest BCUT2D eigenvalue weighted by atomic mass is 10.00. The van der Waals surface area contributed by atoms with Crippen LogP contribution in [0, 0.1) is 6.92 Å². The Morgan fingerprint density at radius 1 is 1.00 bits per heavy atom. The number of nitrogens with one attached hydrogen (secondary N) is 1. The molecule has 0 radical (unpaired) electrons. The molecular formula is C28H27ClN2O3. The van der Waals surface area contributed by atoms with Crippen LogP contribution in [0.5, 0.6) is 0 Å². The fourth-order valence-electron chi connectivity index (χ4n) is 3.85. The van der Waals surface area contributed by atoms with Crippen molar-refractivity contribution in [1.82, 2.24) is 5.16 Å². The number of hydrogen-bond acceptors (Lipinski definition) is 4. The van der Waals surface area contributed by atoms with Gasteiger partial charge in [0.1, 0.15) is 17.5 Å². The molecule has 0 saturated carbocycles. The van der Waals surface area contributed by atoms with Gasteiger partial charge in [-0.15, -0.1) is 0 Å². The highest BCUT2D eigenvalue weighted by molar-refractivity contribution is 6.31. The highest BCUT2D eigenvalue weighted by atomic mass is 35.5. The van der Waals surface area contributed by atoms with Crippen molar-refractivity contribution in [2.24, 2.45) is 0 Å². The van der Waals surface area contributed by atoms with Crippen LogP contribution in [0.25, 0.3) is 22.4 Å². The molecule has 0 aliphatic rings. The van der Waals surface area contributed by atoms with Gasteiger partial charge in [0.2, 0.25) is 0 Å². The van der Waals surface area contributed by atoms with Crippen molar-refractivity contribution < 1.29 is 14.1 Å². The van der Waals surface area contributed by atoms with E-state index in [0.717, 1.165) is 35.1 Å². The van der Waals surface area contributed by atoms with Crippen molar-refractivity contribution in [1.29, 1.82) is 0 Å². The Morgan fingerprint density at radius 3 is 2.26 bits per heavy atom. The van der Waals surface area contributed by atoms with Gasteiger partial charge in [-0.25, -0.2) is 4.79 Å². The predicted octanol–water partition coefficient (Wildman–Crippen LogP) is 8.23. The van der Waals surface area contributed by atoms with Gasteiger partial charge in [0.25, 0.3) is 0 Å². The Labute approximate surface area is 204 Å². The topological polar surface area (TPSA) is 64.4 Å². The Kier molecular flexibility index (Phi) is 7.33. The van der Waals surface area contributed by atoms with Crippen LogP contribution in [-0.4, -0.2) is 11.2 Å². The molecule has 34 heavy (non-hydrogen) atoms. The van der Waals surface area contributed by atoms with E-state index in [1.54, 1.807) is 19.9 Å². The zero-order chi connectivity index (χ0) is 24.1. The number of ether oxygens (including phenoxy) is 1. The zero-order valence-electron chi connectivity index (χ0n) is 19.5. The van der Waals surface area contributed by atoms with Crippen LogP contribution in [0.4, 0.5) is 10.5 Å². The van der Waals surface area contributed by atoms with Crippen LogP contribution in [0.2, 0.25) is 5.02 Å². The molecule has 1 heterocycles. The highest BCUT2D eigenvalue weighted by Crippen LogP contribution is 2.33. The van der Waals surface area contributed by atoms with Crippen LogP contribution in [0.1, 0.15) is 43.3 Å². The first-order valence-electron chi connectivity index (χ1n) is 11.3. The van der Waals surface area contributed by atoms with Gasteiger partial charge in [-0.3, -0.25) is 5.32 Å². The summed E-state index contributed by atoms with van der Waals surface area (Å²) in [6.45, 7) is 5.70. The summed E-state index contributed by atoms with van der Waals surface area (Å²) in [4.78, 5) is 12.6. The second-order valence-corrected chi connectivity index (χ2v) is 8.59. The smallest absolute Gasteiger partial charge is 0.412 e. The monoisotopic (exact) mass is 474 g/mol. The van der Waals surface area contributed by atoms with E-state index in [2.05, 4.69) is 41.7 Å². The molecule has 174 valence electrons. The number of rotatable bonds is 7. The standard InChI is InChI=1S/C28H27ClN2O3/c1-4-7-20-10-12-21(13-11-20)22-14-16-23(17-15-22)27-26(19(3)34-31-27)30-28(32)33-18(2)24-8-5-6-9-25(24)29/h5-6,8-18H,4,7H2,1-3H3,(H,30,32)/t18-/m1/s1. The Hall–Kier alpha value is -3.57. The number of carbonyl (C=O) groups is 1. The van der Waals surface area contributed by atoms with E-state index in [-0.39, 0.29) is 0 Å². The van der Waals surface area contributed by atoms with Crippen LogP contribution in [0.15, 0.2) is 77.3 Å². The number of hydrogen-bond donors (Lipinski definition) is 1. The molecule has 1 N–H and O–H groups in total. The molecule has 1 aromatic heterocycles. The first-order valence-corrected chi connectivity index (χ1v) is 11.7. The number of halogens is 1. The van der Waals surface area contributed by atoms with Crippen LogP contribution >= 0.6 is 11.6 Å². The number of aryl methyl sites for hydroxylation is 2. The predicted molar refractivity (Wildman–Crippen MR) is 136 cm³/mol. The first-order chi connectivity index (χ1) is 16.5. The minimum absolute atomic E-state index is 0.480. The lowest BCUT2D eigenvalue weighted by Gasteiger charge is -2.15. The maximum Gasteiger partial charge on any atom is 0.412 e. The third-order valence-electron chi connectivity index (χ3n) is 5.70. The van der Waals surface area contributed by atoms with Crippen molar-refractivity contribution in [2.75, 3.05) is 5.32 Å². The van der Waals surface area contributed by atoms with E-state index in [9.17, 15) is 4.79 Å². The summed E-state index contributed by atoms with van der Waals surface area (Å²) in [5.74, 6) is 0.493. The minimum Gasteiger partial charge on any atom is -0.441 e. The minimum atomic E-state index is -0.608. The molecule has 0 aliphatic heterocycles. The SMILES string of the molecule is CCCc1ccc(-c2ccc(-c3noc(C)c3NC(=O)O[C@H](C)c3ccccc3Cl)cc2)cc1. The van der Waals surface area contributed by atoms with Crippen molar-refractivity contribution in [3.05, 3.63) is 94.7 Å². The van der Waals surface area contributed by atoms with Crippen molar-refractivity contribution in [2.45, 2.75) is 39.7 Å². The molecule has 0 fully saturated rings. The van der Waals surface area contributed by atoms with Crippen molar-refractivity contribution in [3.8, 4) is 22.4 Å². The molecule has 0 aliphatic carbocycles. The first kappa shape index (κ1) is 23.6. The van der Waals surface area contributed by atoms with Crippen LogP contribution in [-0.2, 0) is 11.2 Å². The molecule has 4 aromatic rings. The second kappa shape index (κ2) is 10.6. The summed E-state index contributed by atoms with van der Waals surface area (Å²) in [6, 6.07) is 23.9. The summed E-state index contributed by atoms with van der Waals surface area (Å²) in [6.07, 6.45) is 1.10.